The average molecular weight is 389 g/mol. The Morgan fingerprint density at radius 3 is 2.54 bits per heavy atom. The second-order valence-corrected chi connectivity index (χ2v) is 8.50. The van der Waals surface area contributed by atoms with Gasteiger partial charge in [-0.05, 0) is 37.5 Å². The zero-order chi connectivity index (χ0) is 18.5. The first-order valence-electron chi connectivity index (χ1n) is 9.74. The summed E-state index contributed by atoms with van der Waals surface area (Å²) in [6, 6.07) is 10.1. The number of benzene rings is 1. The molecule has 0 atom stereocenters. The van der Waals surface area contributed by atoms with E-state index in [0.717, 1.165) is 27.9 Å². The van der Waals surface area contributed by atoms with Gasteiger partial charge in [0.2, 0.25) is 5.88 Å². The van der Waals surface area contributed by atoms with Crippen LogP contribution < -0.4 is 4.74 Å². The number of nitrogens with zero attached hydrogens (tertiary/aromatic N) is 5. The van der Waals surface area contributed by atoms with Gasteiger partial charge < -0.3 is 4.74 Å². The van der Waals surface area contributed by atoms with E-state index < -0.39 is 0 Å². The molecule has 28 heavy (non-hydrogen) atoms. The van der Waals surface area contributed by atoms with Crippen LogP contribution >= 0.6 is 11.3 Å². The van der Waals surface area contributed by atoms with Crippen LogP contribution in [0.2, 0.25) is 0 Å². The van der Waals surface area contributed by atoms with Crippen LogP contribution in [0.1, 0.15) is 53.7 Å². The molecule has 1 fully saturated rings. The van der Waals surface area contributed by atoms with Crippen molar-refractivity contribution in [1.82, 2.24) is 24.8 Å². The zero-order valence-electron chi connectivity index (χ0n) is 15.3. The maximum absolute atomic E-state index is 6.23. The van der Waals surface area contributed by atoms with E-state index in [9.17, 15) is 0 Å². The number of thiazole rings is 1. The normalized spacial score (nSPS) is 20.4. The van der Waals surface area contributed by atoms with Gasteiger partial charge in [0.15, 0.2) is 11.5 Å². The standard InChI is InChI=1S/C21H19N5OS/c1-2-4-15(5-3-1)19-23-24-20-17-13-6-8-14(9-7-13)18(17)21(25-26(19)20)27-12-16-22-10-11-28-16/h1-5,10-11,13-14H,6-9,12H2. The molecule has 3 aromatic heterocycles. The second kappa shape index (κ2) is 6.38. The van der Waals surface area contributed by atoms with Gasteiger partial charge in [-0.1, -0.05) is 30.3 Å². The number of hydrogen-bond donors (Lipinski definition) is 0. The molecule has 4 aromatic rings. The molecule has 7 rings (SSSR count). The van der Waals surface area contributed by atoms with E-state index in [-0.39, 0.29) is 0 Å². The summed E-state index contributed by atoms with van der Waals surface area (Å²) in [5.41, 5.74) is 4.47. The molecule has 3 aliphatic rings. The summed E-state index contributed by atoms with van der Waals surface area (Å²) >= 11 is 1.60. The van der Waals surface area contributed by atoms with Gasteiger partial charge in [0.05, 0.1) is 0 Å². The van der Waals surface area contributed by atoms with Gasteiger partial charge in [-0.2, -0.15) is 4.52 Å². The van der Waals surface area contributed by atoms with E-state index in [0.29, 0.717) is 18.4 Å². The van der Waals surface area contributed by atoms with E-state index in [1.54, 1.807) is 11.3 Å². The fourth-order valence-electron chi connectivity index (χ4n) is 4.72. The molecule has 0 amide bonds. The van der Waals surface area contributed by atoms with E-state index in [4.69, 9.17) is 9.84 Å². The predicted molar refractivity (Wildman–Crippen MR) is 107 cm³/mol. The zero-order valence-corrected chi connectivity index (χ0v) is 16.1. The Morgan fingerprint density at radius 2 is 1.79 bits per heavy atom. The smallest absolute Gasteiger partial charge is 0.236 e. The van der Waals surface area contributed by atoms with Gasteiger partial charge in [-0.3, -0.25) is 0 Å². The molecule has 1 saturated carbocycles. The van der Waals surface area contributed by atoms with Crippen molar-refractivity contribution < 1.29 is 4.74 Å². The average Bonchev–Trinajstić information content (AvgIpc) is 3.43. The maximum Gasteiger partial charge on any atom is 0.236 e. The summed E-state index contributed by atoms with van der Waals surface area (Å²) in [5.74, 6) is 2.53. The molecule has 7 heteroatoms. The van der Waals surface area contributed by atoms with E-state index in [1.807, 2.05) is 46.4 Å². The van der Waals surface area contributed by atoms with Crippen molar-refractivity contribution in [3.8, 4) is 17.3 Å². The third-order valence-electron chi connectivity index (χ3n) is 5.98. The molecule has 0 unspecified atom stereocenters. The molecule has 1 aromatic carbocycles. The van der Waals surface area contributed by atoms with Crippen molar-refractivity contribution in [2.45, 2.75) is 44.1 Å². The fourth-order valence-corrected chi connectivity index (χ4v) is 5.25. The topological polar surface area (TPSA) is 65.2 Å². The lowest BCUT2D eigenvalue weighted by Crippen LogP contribution is -2.25. The molecule has 6 nitrogen and oxygen atoms in total. The molecule has 0 aliphatic heterocycles. The Labute approximate surface area is 166 Å². The molecular weight excluding hydrogens is 370 g/mol. The Balaban J connectivity index is 1.54. The van der Waals surface area contributed by atoms with Crippen LogP contribution in [-0.2, 0) is 6.61 Å². The summed E-state index contributed by atoms with van der Waals surface area (Å²) in [7, 11) is 0. The molecule has 0 spiro atoms. The largest absolute Gasteiger partial charge is 0.469 e. The minimum atomic E-state index is 0.447. The van der Waals surface area contributed by atoms with Gasteiger partial charge in [0.25, 0.3) is 0 Å². The Bertz CT molecular complexity index is 1130. The monoisotopic (exact) mass is 389 g/mol. The number of fused-ring (bicyclic) bond motifs is 3. The van der Waals surface area contributed by atoms with Crippen LogP contribution in [-0.4, -0.2) is 24.8 Å². The molecule has 2 bridgehead atoms. The molecule has 0 radical (unpaired) electrons. The van der Waals surface area contributed by atoms with Crippen molar-refractivity contribution in [2.24, 2.45) is 0 Å². The van der Waals surface area contributed by atoms with E-state index in [1.165, 1.54) is 36.8 Å². The van der Waals surface area contributed by atoms with Gasteiger partial charge in [0, 0.05) is 28.3 Å². The van der Waals surface area contributed by atoms with Gasteiger partial charge in [-0.25, -0.2) is 4.98 Å². The minimum Gasteiger partial charge on any atom is -0.469 e. The number of ether oxygens (including phenoxy) is 1. The highest BCUT2D eigenvalue weighted by molar-refractivity contribution is 7.09. The third-order valence-corrected chi connectivity index (χ3v) is 6.74. The summed E-state index contributed by atoms with van der Waals surface area (Å²) in [6.07, 6.45) is 6.67. The number of hydrogen-bond acceptors (Lipinski definition) is 6. The van der Waals surface area contributed by atoms with Crippen molar-refractivity contribution in [3.63, 3.8) is 0 Å². The Hall–Kier alpha value is -2.80. The van der Waals surface area contributed by atoms with Crippen LogP contribution in [0.3, 0.4) is 0 Å². The lowest BCUT2D eigenvalue weighted by Gasteiger charge is -2.38. The number of rotatable bonds is 4. The molecule has 140 valence electrons. The SMILES string of the molecule is c1ccc(-c2nnc3c4c(c(OCc5nccs5)nn23)C2CCC4CC2)cc1. The molecule has 3 aliphatic carbocycles. The second-order valence-electron chi connectivity index (χ2n) is 7.52. The van der Waals surface area contributed by atoms with E-state index in [2.05, 4.69) is 15.2 Å². The lowest BCUT2D eigenvalue weighted by atomic mass is 9.67. The van der Waals surface area contributed by atoms with Crippen molar-refractivity contribution in [2.75, 3.05) is 0 Å². The predicted octanol–water partition coefficient (Wildman–Crippen LogP) is 4.58. The highest BCUT2D eigenvalue weighted by atomic mass is 32.1. The minimum absolute atomic E-state index is 0.447. The highest BCUT2D eigenvalue weighted by Gasteiger charge is 2.39. The van der Waals surface area contributed by atoms with Gasteiger partial charge >= 0.3 is 0 Å². The first kappa shape index (κ1) is 16.2. The molecular formula is C21H19N5OS. The van der Waals surface area contributed by atoms with Crippen LogP contribution in [0.5, 0.6) is 5.88 Å². The first-order valence-corrected chi connectivity index (χ1v) is 10.6. The van der Waals surface area contributed by atoms with Gasteiger partial charge in [0.1, 0.15) is 11.6 Å². The van der Waals surface area contributed by atoms with Crippen LogP contribution in [0.15, 0.2) is 41.9 Å². The summed E-state index contributed by atoms with van der Waals surface area (Å²) in [6.45, 7) is 0.447. The van der Waals surface area contributed by atoms with Crippen molar-refractivity contribution >= 4 is 17.0 Å². The van der Waals surface area contributed by atoms with Crippen LogP contribution in [0.25, 0.3) is 17.0 Å². The Kier molecular flexibility index (Phi) is 3.68. The quantitative estimate of drug-likeness (QED) is 0.511. The fraction of sp³-hybridized carbons (Fsp3) is 0.333. The van der Waals surface area contributed by atoms with Crippen molar-refractivity contribution in [1.29, 1.82) is 0 Å². The molecule has 0 N–H and O–H groups in total. The highest BCUT2D eigenvalue weighted by Crippen LogP contribution is 2.53. The maximum atomic E-state index is 6.23. The molecule has 0 saturated heterocycles. The van der Waals surface area contributed by atoms with E-state index >= 15 is 0 Å². The first-order chi connectivity index (χ1) is 13.9. The number of aromatic nitrogens is 5. The summed E-state index contributed by atoms with van der Waals surface area (Å²) in [4.78, 5) is 4.34. The van der Waals surface area contributed by atoms with Crippen LogP contribution in [0, 0.1) is 0 Å². The molecule has 3 heterocycles. The third kappa shape index (κ3) is 2.46. The van der Waals surface area contributed by atoms with Gasteiger partial charge in [-0.15, -0.1) is 26.6 Å². The van der Waals surface area contributed by atoms with Crippen LogP contribution in [0.4, 0.5) is 0 Å². The summed E-state index contributed by atoms with van der Waals surface area (Å²) < 4.78 is 8.11. The lowest BCUT2D eigenvalue weighted by molar-refractivity contribution is 0.268. The Morgan fingerprint density at radius 1 is 1.00 bits per heavy atom. The summed E-state index contributed by atoms with van der Waals surface area (Å²) in [5, 5.41) is 16.9. The van der Waals surface area contributed by atoms with Crippen molar-refractivity contribution in [3.05, 3.63) is 58.0 Å².